The summed E-state index contributed by atoms with van der Waals surface area (Å²) in [6.07, 6.45) is 1.11. The van der Waals surface area contributed by atoms with E-state index in [0.29, 0.717) is 31.1 Å². The number of alkyl halides is 3. The number of benzene rings is 1. The Hall–Kier alpha value is -2.57. The molecule has 1 aliphatic carbocycles. The molecule has 1 aromatic heterocycles. The molecular weight excluding hydrogens is 379 g/mol. The van der Waals surface area contributed by atoms with Crippen molar-refractivity contribution in [3.8, 4) is 0 Å². The zero-order valence-corrected chi connectivity index (χ0v) is 16.7. The summed E-state index contributed by atoms with van der Waals surface area (Å²) < 4.78 is 40.2. The van der Waals surface area contributed by atoms with Gasteiger partial charge in [-0.05, 0) is 48.4 Å². The van der Waals surface area contributed by atoms with Gasteiger partial charge in [-0.25, -0.2) is 0 Å². The van der Waals surface area contributed by atoms with E-state index >= 15 is 0 Å². The van der Waals surface area contributed by atoms with Crippen LogP contribution in [0.4, 0.5) is 13.2 Å². The first-order valence-corrected chi connectivity index (χ1v) is 9.95. The Kier molecular flexibility index (Phi) is 6.45. The van der Waals surface area contributed by atoms with E-state index in [1.54, 1.807) is 6.08 Å². The van der Waals surface area contributed by atoms with Gasteiger partial charge in [-0.15, -0.1) is 0 Å². The molecular formula is C22H26F3N3O. The maximum atomic E-state index is 12.9. The van der Waals surface area contributed by atoms with Crippen LogP contribution in [-0.2, 0) is 17.5 Å². The molecule has 4 nitrogen and oxygen atoms in total. The maximum Gasteiger partial charge on any atom is 0.435 e. The van der Waals surface area contributed by atoms with Crippen molar-refractivity contribution in [1.29, 1.82) is 0 Å². The Bertz CT molecular complexity index is 862. The van der Waals surface area contributed by atoms with Gasteiger partial charge in [-0.2, -0.15) is 18.3 Å². The SMILES string of the molecule is CC(C)c1ccc(/C=C/C(=O)NCCCn2nc(C(F)(F)F)cc2C2CC2)cc1. The normalized spacial score (nSPS) is 14.7. The fraction of sp³-hybridized carbons (Fsp3) is 0.455. The molecule has 1 fully saturated rings. The van der Waals surface area contributed by atoms with Crippen LogP contribution in [0.25, 0.3) is 6.08 Å². The average molecular weight is 405 g/mol. The maximum absolute atomic E-state index is 12.9. The van der Waals surface area contributed by atoms with Crippen molar-refractivity contribution in [1.82, 2.24) is 15.1 Å². The van der Waals surface area contributed by atoms with E-state index in [4.69, 9.17) is 0 Å². The predicted octanol–water partition coefficient (Wildman–Crippen LogP) is 5.12. The van der Waals surface area contributed by atoms with Gasteiger partial charge in [0.1, 0.15) is 0 Å². The fourth-order valence-electron chi connectivity index (χ4n) is 3.12. The van der Waals surface area contributed by atoms with Crippen LogP contribution in [0.5, 0.6) is 0 Å². The third-order valence-corrected chi connectivity index (χ3v) is 4.97. The monoisotopic (exact) mass is 405 g/mol. The van der Waals surface area contributed by atoms with Crippen LogP contribution in [0.15, 0.2) is 36.4 Å². The van der Waals surface area contributed by atoms with Gasteiger partial charge in [-0.3, -0.25) is 9.48 Å². The lowest BCUT2D eigenvalue weighted by atomic mass is 10.0. The van der Waals surface area contributed by atoms with Crippen LogP contribution in [-0.4, -0.2) is 22.2 Å². The van der Waals surface area contributed by atoms with Crippen LogP contribution in [0.1, 0.15) is 67.5 Å². The van der Waals surface area contributed by atoms with Crippen LogP contribution < -0.4 is 5.32 Å². The Labute approximate surface area is 168 Å². The number of nitrogens with zero attached hydrogens (tertiary/aromatic N) is 2. The van der Waals surface area contributed by atoms with Gasteiger partial charge < -0.3 is 5.32 Å². The minimum atomic E-state index is -4.43. The molecule has 0 atom stereocenters. The number of carbonyl (C=O) groups is 1. The largest absolute Gasteiger partial charge is 0.435 e. The third kappa shape index (κ3) is 5.95. The number of amides is 1. The summed E-state index contributed by atoms with van der Waals surface area (Å²) in [6.45, 7) is 4.97. The highest BCUT2D eigenvalue weighted by molar-refractivity contribution is 5.91. The van der Waals surface area contributed by atoms with Gasteiger partial charge >= 0.3 is 6.18 Å². The van der Waals surface area contributed by atoms with Crippen molar-refractivity contribution < 1.29 is 18.0 Å². The highest BCUT2D eigenvalue weighted by Crippen LogP contribution is 2.42. The van der Waals surface area contributed by atoms with Crippen molar-refractivity contribution in [3.63, 3.8) is 0 Å². The van der Waals surface area contributed by atoms with E-state index in [0.717, 1.165) is 24.5 Å². The van der Waals surface area contributed by atoms with Crippen LogP contribution >= 0.6 is 0 Å². The van der Waals surface area contributed by atoms with Crippen molar-refractivity contribution in [2.24, 2.45) is 0 Å². The minimum absolute atomic E-state index is 0.179. The smallest absolute Gasteiger partial charge is 0.352 e. The van der Waals surface area contributed by atoms with Crippen molar-refractivity contribution in [3.05, 3.63) is 58.9 Å². The van der Waals surface area contributed by atoms with Crippen molar-refractivity contribution in [2.45, 2.75) is 57.7 Å². The highest BCUT2D eigenvalue weighted by atomic mass is 19.4. The quantitative estimate of drug-likeness (QED) is 0.489. The van der Waals surface area contributed by atoms with E-state index in [1.165, 1.54) is 16.3 Å². The number of halogens is 3. The van der Waals surface area contributed by atoms with Crippen LogP contribution in [0.2, 0.25) is 0 Å². The molecule has 0 unspecified atom stereocenters. The fourth-order valence-corrected chi connectivity index (χ4v) is 3.12. The summed E-state index contributed by atoms with van der Waals surface area (Å²) in [7, 11) is 0. The van der Waals surface area contributed by atoms with Crippen LogP contribution in [0.3, 0.4) is 0 Å². The Morgan fingerprint density at radius 3 is 2.55 bits per heavy atom. The molecule has 1 aromatic carbocycles. The molecule has 0 spiro atoms. The molecule has 0 bridgehead atoms. The van der Waals surface area contributed by atoms with Gasteiger partial charge in [0, 0.05) is 30.8 Å². The molecule has 3 rings (SSSR count). The van der Waals surface area contributed by atoms with E-state index in [2.05, 4.69) is 24.3 Å². The number of aromatic nitrogens is 2. The van der Waals surface area contributed by atoms with E-state index in [-0.39, 0.29) is 11.8 Å². The number of carbonyl (C=O) groups excluding carboxylic acids is 1. The lowest BCUT2D eigenvalue weighted by Gasteiger charge is -2.07. The molecule has 1 saturated carbocycles. The summed E-state index contributed by atoms with van der Waals surface area (Å²) in [4.78, 5) is 12.0. The lowest BCUT2D eigenvalue weighted by molar-refractivity contribution is -0.141. The van der Waals surface area contributed by atoms with Crippen LogP contribution in [0, 0.1) is 0 Å². The van der Waals surface area contributed by atoms with Crippen molar-refractivity contribution >= 4 is 12.0 Å². The summed E-state index contributed by atoms with van der Waals surface area (Å²) in [5.74, 6) is 0.411. The molecule has 1 N–H and O–H groups in total. The second-order valence-corrected chi connectivity index (χ2v) is 7.75. The highest BCUT2D eigenvalue weighted by Gasteiger charge is 2.37. The average Bonchev–Trinajstić information content (AvgIpc) is 3.42. The third-order valence-electron chi connectivity index (χ3n) is 4.97. The molecule has 0 aliphatic heterocycles. The van der Waals surface area contributed by atoms with Gasteiger partial charge in [0.05, 0.1) is 0 Å². The number of rotatable bonds is 8. The van der Waals surface area contributed by atoms with Crippen molar-refractivity contribution in [2.75, 3.05) is 6.54 Å². The number of aryl methyl sites for hydroxylation is 1. The molecule has 2 aromatic rings. The predicted molar refractivity (Wildman–Crippen MR) is 106 cm³/mol. The molecule has 156 valence electrons. The first kappa shape index (κ1) is 21.1. The van der Waals surface area contributed by atoms with E-state index in [1.807, 2.05) is 24.3 Å². The zero-order chi connectivity index (χ0) is 21.0. The molecule has 0 radical (unpaired) electrons. The van der Waals surface area contributed by atoms with E-state index < -0.39 is 11.9 Å². The summed E-state index contributed by atoms with van der Waals surface area (Å²) in [5.41, 5.74) is 1.99. The van der Waals surface area contributed by atoms with Gasteiger partial charge in [0.2, 0.25) is 5.91 Å². The zero-order valence-electron chi connectivity index (χ0n) is 16.7. The first-order chi connectivity index (χ1) is 13.7. The lowest BCUT2D eigenvalue weighted by Crippen LogP contribution is -2.23. The Morgan fingerprint density at radius 1 is 1.28 bits per heavy atom. The second-order valence-electron chi connectivity index (χ2n) is 7.75. The topological polar surface area (TPSA) is 46.9 Å². The summed E-state index contributed by atoms with van der Waals surface area (Å²) in [6, 6.07) is 9.17. The van der Waals surface area contributed by atoms with Gasteiger partial charge in [-0.1, -0.05) is 38.1 Å². The molecule has 29 heavy (non-hydrogen) atoms. The molecule has 1 aliphatic rings. The van der Waals surface area contributed by atoms with Gasteiger partial charge in [0.15, 0.2) is 5.69 Å². The number of nitrogens with one attached hydrogen (secondary N) is 1. The van der Waals surface area contributed by atoms with E-state index in [9.17, 15) is 18.0 Å². The Balaban J connectivity index is 1.46. The molecule has 1 amide bonds. The summed E-state index contributed by atoms with van der Waals surface area (Å²) >= 11 is 0. The summed E-state index contributed by atoms with van der Waals surface area (Å²) in [5, 5.41) is 6.48. The minimum Gasteiger partial charge on any atom is -0.352 e. The number of hydrogen-bond acceptors (Lipinski definition) is 2. The molecule has 0 saturated heterocycles. The standard InChI is InChI=1S/C22H26F3N3O/c1-15(2)17-7-4-16(5-8-17)6-11-21(29)26-12-3-13-28-19(18-9-10-18)14-20(27-28)22(23,24)25/h4-8,11,14-15,18H,3,9-10,12-13H2,1-2H3,(H,26,29)/b11-6+. The molecule has 1 heterocycles. The van der Waals surface area contributed by atoms with Gasteiger partial charge in [0.25, 0.3) is 0 Å². The second kappa shape index (κ2) is 8.84. The first-order valence-electron chi connectivity index (χ1n) is 9.95. The number of hydrogen-bond donors (Lipinski definition) is 1. The molecule has 7 heteroatoms. The Morgan fingerprint density at radius 2 is 1.97 bits per heavy atom.